The maximum Gasteiger partial charge on any atom is 0.119 e. The molecule has 0 saturated heterocycles. The van der Waals surface area contributed by atoms with Crippen molar-refractivity contribution in [3.8, 4) is 5.75 Å². The molecule has 3 aliphatic rings. The highest BCUT2D eigenvalue weighted by atomic mass is 35.5. The molecule has 145 heavy (non-hydrogen) atoms. The average Bonchev–Trinajstić information content (AvgIpc) is 0.816. The van der Waals surface area contributed by atoms with Crippen molar-refractivity contribution in [2.24, 2.45) is 10.8 Å². The lowest BCUT2D eigenvalue weighted by Gasteiger charge is -2.32. The van der Waals surface area contributed by atoms with E-state index in [9.17, 15) is 35.7 Å². The Bertz CT molecular complexity index is 5460. The van der Waals surface area contributed by atoms with Crippen molar-refractivity contribution < 1.29 is 40.5 Å². The van der Waals surface area contributed by atoms with E-state index in [1.54, 1.807) is 11.1 Å². The van der Waals surface area contributed by atoms with Crippen LogP contribution in [-0.4, -0.2) is 59.2 Å². The van der Waals surface area contributed by atoms with Gasteiger partial charge >= 0.3 is 0 Å². The average molecular weight is 2050 g/mol. The van der Waals surface area contributed by atoms with Crippen molar-refractivity contribution in [1.29, 1.82) is 0 Å². The van der Waals surface area contributed by atoms with E-state index in [4.69, 9.17) is 51.1 Å². The van der Waals surface area contributed by atoms with Gasteiger partial charge in [-0.2, -0.15) is 0 Å². The third kappa shape index (κ3) is 46.5. The van der Waals surface area contributed by atoms with Gasteiger partial charge in [-0.25, -0.2) is 0 Å². The third-order valence-electron chi connectivity index (χ3n) is 27.4. The molecular formula is C133H180Cl4O8. The van der Waals surface area contributed by atoms with Gasteiger partial charge in [-0.15, -0.1) is 0 Å². The summed E-state index contributed by atoms with van der Waals surface area (Å²) in [5.41, 5.74) is 21.0. The van der Waals surface area contributed by atoms with Crippen LogP contribution in [0, 0.1) is 10.8 Å². The standard InChI is InChI=1S/C21H30O.C21H30.C19H30O2.C18H18Cl2O.C18H18Cl2.C18H26O2.C18H28O2/c1-5-8-20(22)18-11-6-10-17(15-18)12-13-19-16(2)9-7-14-21(19,3)4;1-5-6-10-18-11-7-12-19(16-18)13-14-20-17(2)9-8-15-21(20,3)4;1-4-8-18(20)17-10-7-9-16(15-17)11-14-19(21,12-5-2)13-6-3;1-2-5-18(21)14-7-3-6-13(12-14)10-11-15-16(19)8-4-9-17(15)20;1-2-3-6-14-7-4-8-15(13-14)11-12-16-17(19)9-5-10-18(16)20;1-2-7-17(19)16-9-6-8-15(14-16)10-13-18(20)11-4-3-5-12-18;1-4-11-18(19,12-5-2)13-10-16-8-7-9-17(15-16)20-14-6-3/h6,10-13,15,20,22H,5,7-9,14H2,1-4H3;7,11-14,16H,5-6,8-10,15H2,1-4H3;7,9-11,14-15,18,20-21H,4-6,8,12-13H2,1-3H3;3-4,6-12,18,21H,2,5H2,1H3;4-5,7-13H,2-3,6H2,1H3;6,8-10,13-14,17,19-20H,2-5,7,11-12H2,1H3;7-10,13,15,19H,4-6,11-12,14H2,1-3H3/b13-12+;14-13+;14-11+;11-10+;12-11+;2*13-10+. The van der Waals surface area contributed by atoms with E-state index in [1.165, 1.54) is 116 Å². The van der Waals surface area contributed by atoms with Crippen molar-refractivity contribution in [3.05, 3.63) is 362 Å². The summed E-state index contributed by atoms with van der Waals surface area (Å²) in [6, 6.07) is 68.7. The minimum Gasteiger partial charge on any atom is -0.494 e. The summed E-state index contributed by atoms with van der Waals surface area (Å²) >= 11 is 24.6. The van der Waals surface area contributed by atoms with Crippen molar-refractivity contribution in [2.75, 3.05) is 6.61 Å². The summed E-state index contributed by atoms with van der Waals surface area (Å²) in [6.45, 7) is 38.0. The number of hydrogen-bond donors (Lipinski definition) is 7. The first-order chi connectivity index (χ1) is 69.6. The molecule has 8 nitrogen and oxygen atoms in total. The van der Waals surface area contributed by atoms with Gasteiger partial charge in [-0.05, 0) is 304 Å². The molecule has 788 valence electrons. The Morgan fingerprint density at radius 2 is 0.628 bits per heavy atom. The highest BCUT2D eigenvalue weighted by molar-refractivity contribution is 6.38. The highest BCUT2D eigenvalue weighted by Crippen LogP contribution is 2.44. The van der Waals surface area contributed by atoms with E-state index >= 15 is 0 Å². The lowest BCUT2D eigenvalue weighted by atomic mass is 9.72. The predicted molar refractivity (Wildman–Crippen MR) is 632 cm³/mol. The second-order valence-electron chi connectivity index (χ2n) is 41.4. The van der Waals surface area contributed by atoms with Gasteiger partial charge in [0.25, 0.3) is 0 Å². The van der Waals surface area contributed by atoms with Gasteiger partial charge in [0.2, 0.25) is 0 Å². The smallest absolute Gasteiger partial charge is 0.119 e. The Morgan fingerprint density at radius 1 is 0.324 bits per heavy atom. The van der Waals surface area contributed by atoms with Crippen LogP contribution < -0.4 is 4.74 Å². The first-order valence-electron chi connectivity index (χ1n) is 54.9. The predicted octanol–water partition coefficient (Wildman–Crippen LogP) is 39.0. The Morgan fingerprint density at radius 3 is 0.952 bits per heavy atom. The lowest BCUT2D eigenvalue weighted by molar-refractivity contribution is 0.0521. The number of aryl methyl sites for hydroxylation is 2. The maximum atomic E-state index is 10.6. The molecule has 3 aliphatic carbocycles. The Balaban J connectivity index is 0.000000259. The Labute approximate surface area is 897 Å². The van der Waals surface area contributed by atoms with Crippen molar-refractivity contribution in [2.45, 2.75) is 377 Å². The largest absolute Gasteiger partial charge is 0.494 e. The number of unbranched alkanes of at least 4 members (excludes halogenated alkanes) is 2. The zero-order valence-corrected chi connectivity index (χ0v) is 94.3. The second kappa shape index (κ2) is 68.1. The molecule has 0 radical (unpaired) electrons. The van der Waals surface area contributed by atoms with E-state index < -0.39 is 29.0 Å². The number of aliphatic hydroxyl groups is 7. The fourth-order valence-electron chi connectivity index (χ4n) is 19.1. The number of aliphatic hydroxyl groups excluding tert-OH is 4. The van der Waals surface area contributed by atoms with Crippen LogP contribution in [0.25, 0.3) is 54.7 Å². The molecule has 9 aromatic rings. The SMILES string of the molecule is CCCC(O)c1cccc(/C=C/C(O)(CCC)CCC)c1.CCCC(O)c1cccc(/C=C/C2(O)CCCCC2)c1.CCCC(O)c1cccc(/C=C/C2=C(C)CCCC2(C)C)c1.CCCC(O)c1cccc(/C=C/c2c(Cl)cccc2Cl)c1.CCCCc1cccc(/C=C/C2=C(C)CCCC2(C)C)c1.CCCCc1cccc(/C=C/c2c(Cl)cccc2Cl)c1.CCCOc1cccc(/C=C/C(O)(CCC)CCC)c1. The topological polar surface area (TPSA) is 151 Å². The maximum absolute atomic E-state index is 10.6. The molecule has 4 atom stereocenters. The van der Waals surface area contributed by atoms with Gasteiger partial charge in [-0.1, -0.05) is 476 Å². The van der Waals surface area contributed by atoms with Gasteiger partial charge in [0.05, 0.1) is 47.8 Å². The molecule has 1 saturated carbocycles. The van der Waals surface area contributed by atoms with Crippen molar-refractivity contribution >= 4 is 101 Å². The zero-order valence-electron chi connectivity index (χ0n) is 91.3. The van der Waals surface area contributed by atoms with Gasteiger partial charge in [0.15, 0.2) is 0 Å². The van der Waals surface area contributed by atoms with E-state index in [-0.39, 0.29) is 17.6 Å². The number of benzene rings is 9. The minimum atomic E-state index is -0.707. The number of ether oxygens (including phenoxy) is 1. The summed E-state index contributed by atoms with van der Waals surface area (Å²) in [4.78, 5) is 0. The van der Waals surface area contributed by atoms with Crippen molar-refractivity contribution in [3.63, 3.8) is 0 Å². The molecule has 0 spiro atoms. The molecule has 12 rings (SSSR count). The summed E-state index contributed by atoms with van der Waals surface area (Å²) in [5, 5.41) is 74.5. The number of hydrogen-bond acceptors (Lipinski definition) is 8. The van der Waals surface area contributed by atoms with E-state index in [2.05, 4.69) is 209 Å². The normalized spacial score (nSPS) is 15.5. The van der Waals surface area contributed by atoms with Crippen LogP contribution in [0.1, 0.15) is 431 Å². The minimum absolute atomic E-state index is 0.276. The van der Waals surface area contributed by atoms with Crippen LogP contribution in [0.4, 0.5) is 0 Å². The Kier molecular flexibility index (Phi) is 58.7. The zero-order chi connectivity index (χ0) is 106. The molecule has 0 heterocycles. The van der Waals surface area contributed by atoms with E-state index in [0.29, 0.717) is 25.5 Å². The van der Waals surface area contributed by atoms with Crippen molar-refractivity contribution in [1.82, 2.24) is 0 Å². The fourth-order valence-corrected chi connectivity index (χ4v) is 20.2. The van der Waals surface area contributed by atoms with Gasteiger partial charge in [-0.3, -0.25) is 0 Å². The molecule has 1 fully saturated rings. The van der Waals surface area contributed by atoms with Gasteiger partial charge in [0.1, 0.15) is 5.75 Å². The molecule has 0 bridgehead atoms. The highest BCUT2D eigenvalue weighted by Gasteiger charge is 2.30. The summed E-state index contributed by atoms with van der Waals surface area (Å²) < 4.78 is 5.63. The van der Waals surface area contributed by atoms with Crippen LogP contribution in [0.3, 0.4) is 0 Å². The van der Waals surface area contributed by atoms with Crippen LogP contribution in [-0.2, 0) is 12.8 Å². The molecule has 12 heteroatoms. The van der Waals surface area contributed by atoms with Gasteiger partial charge in [0, 0.05) is 31.2 Å². The molecule has 4 unspecified atom stereocenters. The monoisotopic (exact) mass is 2050 g/mol. The first kappa shape index (κ1) is 125. The molecule has 9 aromatic carbocycles. The quantitative estimate of drug-likeness (QED) is 0.0187. The van der Waals surface area contributed by atoms with Gasteiger partial charge < -0.3 is 40.5 Å². The lowest BCUT2D eigenvalue weighted by Crippen LogP contribution is -2.28. The first-order valence-corrected chi connectivity index (χ1v) is 56.4. The molecule has 0 aliphatic heterocycles. The fraction of sp³-hybridized carbons (Fsp3) is 0.459. The third-order valence-corrected chi connectivity index (χ3v) is 28.7. The van der Waals surface area contributed by atoms with Crippen LogP contribution in [0.15, 0.2) is 259 Å². The summed E-state index contributed by atoms with van der Waals surface area (Å²) in [5.74, 6) is 0.892. The Hall–Kier alpha value is -8.68. The molecule has 7 N–H and O–H groups in total. The molecular weight excluding hydrogens is 1870 g/mol. The summed E-state index contributed by atoms with van der Waals surface area (Å²) in [6.07, 6.45) is 62.7. The van der Waals surface area contributed by atoms with Crippen LogP contribution in [0.2, 0.25) is 20.1 Å². The number of allylic oxidation sites excluding steroid dienone is 6. The van der Waals surface area contributed by atoms with Crippen LogP contribution >= 0.6 is 46.4 Å². The number of halogens is 4. The number of rotatable bonds is 43. The molecule has 0 amide bonds. The molecule has 0 aromatic heterocycles. The summed E-state index contributed by atoms with van der Waals surface area (Å²) in [7, 11) is 0. The van der Waals surface area contributed by atoms with E-state index in [1.807, 2.05) is 200 Å². The van der Waals surface area contributed by atoms with Crippen LogP contribution in [0.5, 0.6) is 5.75 Å². The van der Waals surface area contributed by atoms with E-state index in [0.717, 1.165) is 209 Å². The second-order valence-corrected chi connectivity index (χ2v) is 43.0.